The van der Waals surface area contributed by atoms with Crippen LogP contribution in [0.1, 0.15) is 0 Å². The smallest absolute Gasteiger partial charge is 0.268 e. The zero-order chi connectivity index (χ0) is 13.5. The summed E-state index contributed by atoms with van der Waals surface area (Å²) in [7, 11) is 0. The molecule has 0 saturated heterocycles. The van der Waals surface area contributed by atoms with Gasteiger partial charge in [0.25, 0.3) is 5.56 Å². The monoisotopic (exact) mass is 278 g/mol. The summed E-state index contributed by atoms with van der Waals surface area (Å²) in [6.07, 6.45) is 1.47. The van der Waals surface area contributed by atoms with Crippen molar-refractivity contribution in [1.82, 2.24) is 9.97 Å². The molecule has 0 unspecified atom stereocenters. The lowest BCUT2D eigenvalue weighted by Gasteiger charge is -2.03. The topological polar surface area (TPSA) is 45.8 Å². The Kier molecular flexibility index (Phi) is 2.44. The maximum Gasteiger partial charge on any atom is 0.268 e. The first-order valence-corrected chi connectivity index (χ1v) is 7.10. The summed E-state index contributed by atoms with van der Waals surface area (Å²) in [5, 5.41) is 1.06. The number of nitrogens with one attached hydrogen (secondary N) is 1. The van der Waals surface area contributed by atoms with Crippen molar-refractivity contribution in [3.05, 3.63) is 65.2 Å². The summed E-state index contributed by atoms with van der Waals surface area (Å²) in [5.74, 6) is 0. The molecule has 4 heteroatoms. The van der Waals surface area contributed by atoms with Crippen LogP contribution in [0.2, 0.25) is 0 Å². The van der Waals surface area contributed by atoms with Gasteiger partial charge in [-0.05, 0) is 17.2 Å². The summed E-state index contributed by atoms with van der Waals surface area (Å²) >= 11 is 1.49. The molecule has 2 heterocycles. The Labute approximate surface area is 118 Å². The number of fused-ring (bicyclic) bond motifs is 3. The minimum atomic E-state index is -0.0739. The van der Waals surface area contributed by atoms with Gasteiger partial charge in [0.05, 0.1) is 11.8 Å². The van der Waals surface area contributed by atoms with Gasteiger partial charge >= 0.3 is 0 Å². The van der Waals surface area contributed by atoms with Crippen LogP contribution in [0.4, 0.5) is 0 Å². The van der Waals surface area contributed by atoms with Gasteiger partial charge in [0, 0.05) is 10.1 Å². The number of rotatable bonds is 1. The van der Waals surface area contributed by atoms with E-state index in [4.69, 9.17) is 0 Å². The van der Waals surface area contributed by atoms with Crippen LogP contribution in [0.5, 0.6) is 0 Å². The molecule has 4 rings (SSSR count). The van der Waals surface area contributed by atoms with Crippen molar-refractivity contribution < 1.29 is 0 Å². The minimum Gasteiger partial charge on any atom is -0.312 e. The molecule has 3 nitrogen and oxygen atoms in total. The molecule has 0 amide bonds. The highest BCUT2D eigenvalue weighted by Crippen LogP contribution is 2.37. The highest BCUT2D eigenvalue weighted by atomic mass is 32.1. The van der Waals surface area contributed by atoms with Crippen molar-refractivity contribution in [2.75, 3.05) is 0 Å². The minimum absolute atomic E-state index is 0.0739. The zero-order valence-corrected chi connectivity index (χ0v) is 11.3. The Hall–Kier alpha value is -2.46. The van der Waals surface area contributed by atoms with Crippen molar-refractivity contribution in [3.8, 4) is 11.1 Å². The number of aromatic amines is 1. The van der Waals surface area contributed by atoms with Crippen LogP contribution >= 0.6 is 11.3 Å². The van der Waals surface area contributed by atoms with E-state index in [0.29, 0.717) is 4.70 Å². The molecule has 0 fully saturated rings. The first-order chi connectivity index (χ1) is 9.84. The standard InChI is InChI=1S/C16H10N2OS/c19-16-15-14(17-9-18-16)13-11(7-4-8-12(13)20-15)10-5-2-1-3-6-10/h1-9H,(H,17,18,19). The van der Waals surface area contributed by atoms with E-state index >= 15 is 0 Å². The molecule has 20 heavy (non-hydrogen) atoms. The van der Waals surface area contributed by atoms with Gasteiger partial charge in [0.15, 0.2) is 0 Å². The van der Waals surface area contributed by atoms with Crippen LogP contribution in [0.25, 0.3) is 31.4 Å². The Morgan fingerprint density at radius 2 is 1.85 bits per heavy atom. The van der Waals surface area contributed by atoms with Crippen molar-refractivity contribution in [3.63, 3.8) is 0 Å². The molecule has 2 aromatic heterocycles. The predicted molar refractivity (Wildman–Crippen MR) is 83.2 cm³/mol. The van der Waals surface area contributed by atoms with Crippen LogP contribution in [-0.2, 0) is 0 Å². The van der Waals surface area contributed by atoms with Gasteiger partial charge in [-0.15, -0.1) is 11.3 Å². The average Bonchev–Trinajstić information content (AvgIpc) is 2.88. The van der Waals surface area contributed by atoms with Gasteiger partial charge in [-0.3, -0.25) is 4.79 Å². The van der Waals surface area contributed by atoms with Crippen molar-refractivity contribution >= 4 is 31.6 Å². The van der Waals surface area contributed by atoms with E-state index in [1.807, 2.05) is 30.3 Å². The van der Waals surface area contributed by atoms with Crippen molar-refractivity contribution in [1.29, 1.82) is 0 Å². The van der Waals surface area contributed by atoms with Gasteiger partial charge in [0.1, 0.15) is 4.70 Å². The summed E-state index contributed by atoms with van der Waals surface area (Å²) in [5.41, 5.74) is 2.97. The number of hydrogen-bond acceptors (Lipinski definition) is 3. The second-order valence-electron chi connectivity index (χ2n) is 4.56. The fourth-order valence-corrected chi connectivity index (χ4v) is 3.57. The number of benzene rings is 2. The first kappa shape index (κ1) is 11.4. The average molecular weight is 278 g/mol. The normalized spacial score (nSPS) is 11.2. The summed E-state index contributed by atoms with van der Waals surface area (Å²) in [4.78, 5) is 18.9. The van der Waals surface area contributed by atoms with Gasteiger partial charge < -0.3 is 4.98 Å². The molecule has 0 atom stereocenters. The molecule has 0 spiro atoms. The predicted octanol–water partition coefficient (Wildman–Crippen LogP) is 3.80. The summed E-state index contributed by atoms with van der Waals surface area (Å²) in [6.45, 7) is 0. The SMILES string of the molecule is O=c1[nH]cnc2c1sc1cccc(-c3ccccc3)c12. The van der Waals surface area contributed by atoms with E-state index in [1.54, 1.807) is 0 Å². The fourth-order valence-electron chi connectivity index (χ4n) is 2.49. The van der Waals surface area contributed by atoms with E-state index in [1.165, 1.54) is 17.7 Å². The number of hydrogen-bond donors (Lipinski definition) is 1. The van der Waals surface area contributed by atoms with Gasteiger partial charge in [-0.25, -0.2) is 4.98 Å². The summed E-state index contributed by atoms with van der Waals surface area (Å²) in [6, 6.07) is 16.3. The third-order valence-corrected chi connectivity index (χ3v) is 4.51. The third kappa shape index (κ3) is 1.58. The Morgan fingerprint density at radius 3 is 2.70 bits per heavy atom. The van der Waals surface area contributed by atoms with E-state index < -0.39 is 0 Å². The number of nitrogens with zero attached hydrogens (tertiary/aromatic N) is 1. The lowest BCUT2D eigenvalue weighted by atomic mass is 10.0. The van der Waals surface area contributed by atoms with Crippen molar-refractivity contribution in [2.24, 2.45) is 0 Å². The molecule has 4 aromatic rings. The molecule has 0 saturated carbocycles. The van der Waals surface area contributed by atoms with Crippen LogP contribution < -0.4 is 5.56 Å². The number of H-pyrrole nitrogens is 1. The van der Waals surface area contributed by atoms with Gasteiger partial charge in [-0.2, -0.15) is 0 Å². The molecule has 96 valence electrons. The fraction of sp³-hybridized carbons (Fsp3) is 0. The number of aromatic nitrogens is 2. The molecule has 1 N–H and O–H groups in total. The second-order valence-corrected chi connectivity index (χ2v) is 5.61. The Bertz CT molecular complexity index is 970. The van der Waals surface area contributed by atoms with E-state index in [0.717, 1.165) is 26.7 Å². The number of thiophene rings is 1. The highest BCUT2D eigenvalue weighted by molar-refractivity contribution is 7.25. The molecule has 0 bridgehead atoms. The Balaban J connectivity index is 2.20. The van der Waals surface area contributed by atoms with Gasteiger partial charge in [-0.1, -0.05) is 42.5 Å². The molecule has 0 radical (unpaired) electrons. The maximum atomic E-state index is 11.9. The molecular formula is C16H10N2OS. The molecule has 0 aliphatic rings. The van der Waals surface area contributed by atoms with Gasteiger partial charge in [0.2, 0.25) is 0 Å². The van der Waals surface area contributed by atoms with Crippen molar-refractivity contribution in [2.45, 2.75) is 0 Å². The Morgan fingerprint density at radius 1 is 1.00 bits per heavy atom. The lowest BCUT2D eigenvalue weighted by Crippen LogP contribution is -2.03. The third-order valence-electron chi connectivity index (χ3n) is 3.37. The quantitative estimate of drug-likeness (QED) is 0.575. The van der Waals surface area contributed by atoms with E-state index in [2.05, 4.69) is 28.2 Å². The largest absolute Gasteiger partial charge is 0.312 e. The van der Waals surface area contributed by atoms with Crippen LogP contribution in [0.15, 0.2) is 59.7 Å². The van der Waals surface area contributed by atoms with Crippen LogP contribution in [0, 0.1) is 0 Å². The lowest BCUT2D eigenvalue weighted by molar-refractivity contribution is 1.18. The summed E-state index contributed by atoms with van der Waals surface area (Å²) < 4.78 is 1.77. The van der Waals surface area contributed by atoms with E-state index in [-0.39, 0.29) is 5.56 Å². The first-order valence-electron chi connectivity index (χ1n) is 6.29. The molecular weight excluding hydrogens is 268 g/mol. The maximum absolute atomic E-state index is 11.9. The molecule has 2 aromatic carbocycles. The highest BCUT2D eigenvalue weighted by Gasteiger charge is 2.13. The second kappa shape index (κ2) is 4.28. The van der Waals surface area contributed by atoms with E-state index in [9.17, 15) is 4.79 Å². The van der Waals surface area contributed by atoms with Crippen LogP contribution in [0.3, 0.4) is 0 Å². The van der Waals surface area contributed by atoms with Crippen LogP contribution in [-0.4, -0.2) is 9.97 Å². The molecule has 0 aliphatic carbocycles. The molecule has 0 aliphatic heterocycles. The zero-order valence-electron chi connectivity index (χ0n) is 10.5.